The number of nitrogens with zero attached hydrogens (tertiary/aromatic N) is 1. The van der Waals surface area contributed by atoms with Crippen LogP contribution in [0.3, 0.4) is 0 Å². The standard InChI is InChI=1S/C12H20N2O2S2/c1-3-11(15)6-13-12(16)4-5-17-7-10-8-18-9(2)14-10/h8,11,15H,3-7H2,1-2H3,(H,13,16). The second-order valence-corrected chi connectivity index (χ2v) is 6.19. The highest BCUT2D eigenvalue weighted by Gasteiger charge is 2.05. The summed E-state index contributed by atoms with van der Waals surface area (Å²) in [5.41, 5.74) is 1.09. The molecule has 6 heteroatoms. The molecule has 0 bridgehead atoms. The molecule has 2 N–H and O–H groups in total. The molecule has 0 saturated heterocycles. The monoisotopic (exact) mass is 288 g/mol. The molecule has 1 amide bonds. The molecule has 0 spiro atoms. The summed E-state index contributed by atoms with van der Waals surface area (Å²) in [5, 5.41) is 15.2. The lowest BCUT2D eigenvalue weighted by atomic mass is 10.3. The predicted octanol–water partition coefficient (Wildman–Crippen LogP) is 1.96. The zero-order valence-electron chi connectivity index (χ0n) is 10.8. The number of aliphatic hydroxyl groups is 1. The van der Waals surface area contributed by atoms with Crippen LogP contribution in [0.5, 0.6) is 0 Å². The van der Waals surface area contributed by atoms with E-state index in [2.05, 4.69) is 15.7 Å². The van der Waals surface area contributed by atoms with Crippen LogP contribution in [0, 0.1) is 6.92 Å². The van der Waals surface area contributed by atoms with Crippen LogP contribution in [0.1, 0.15) is 30.5 Å². The van der Waals surface area contributed by atoms with Crippen LogP contribution in [-0.2, 0) is 10.5 Å². The van der Waals surface area contributed by atoms with Gasteiger partial charge in [-0.25, -0.2) is 4.98 Å². The van der Waals surface area contributed by atoms with Crippen LogP contribution >= 0.6 is 23.1 Å². The van der Waals surface area contributed by atoms with Gasteiger partial charge in [-0.3, -0.25) is 4.79 Å². The number of carbonyl (C=O) groups is 1. The highest BCUT2D eigenvalue weighted by Crippen LogP contribution is 2.15. The molecule has 0 aromatic carbocycles. The Morgan fingerprint density at radius 1 is 1.67 bits per heavy atom. The van der Waals surface area contributed by atoms with E-state index in [1.54, 1.807) is 23.1 Å². The molecule has 0 radical (unpaired) electrons. The summed E-state index contributed by atoms with van der Waals surface area (Å²) in [6.45, 7) is 4.24. The molecular formula is C12H20N2O2S2. The van der Waals surface area contributed by atoms with E-state index in [9.17, 15) is 9.90 Å². The summed E-state index contributed by atoms with van der Waals surface area (Å²) in [7, 11) is 0. The van der Waals surface area contributed by atoms with E-state index in [1.807, 2.05) is 13.8 Å². The number of rotatable bonds is 8. The molecule has 1 aromatic heterocycles. The fourth-order valence-corrected chi connectivity index (χ4v) is 2.83. The second-order valence-electron chi connectivity index (χ2n) is 4.03. The summed E-state index contributed by atoms with van der Waals surface area (Å²) in [6, 6.07) is 0. The van der Waals surface area contributed by atoms with E-state index in [0.29, 0.717) is 19.4 Å². The number of thioether (sulfide) groups is 1. The van der Waals surface area contributed by atoms with Crippen molar-refractivity contribution in [1.82, 2.24) is 10.3 Å². The summed E-state index contributed by atoms with van der Waals surface area (Å²) in [5.74, 6) is 1.64. The lowest BCUT2D eigenvalue weighted by Gasteiger charge is -2.09. The first kappa shape index (κ1) is 15.5. The van der Waals surface area contributed by atoms with Crippen molar-refractivity contribution < 1.29 is 9.90 Å². The van der Waals surface area contributed by atoms with Gasteiger partial charge in [-0.2, -0.15) is 11.8 Å². The molecule has 1 unspecified atom stereocenters. The summed E-state index contributed by atoms with van der Waals surface area (Å²) in [6.07, 6.45) is 0.724. The molecule has 0 aliphatic rings. The Hall–Kier alpha value is -0.590. The number of hydrogen-bond acceptors (Lipinski definition) is 5. The van der Waals surface area contributed by atoms with Gasteiger partial charge in [-0.1, -0.05) is 6.92 Å². The first-order chi connectivity index (χ1) is 8.61. The van der Waals surface area contributed by atoms with E-state index in [4.69, 9.17) is 0 Å². The van der Waals surface area contributed by atoms with Gasteiger partial charge in [0.1, 0.15) is 0 Å². The van der Waals surface area contributed by atoms with E-state index >= 15 is 0 Å². The van der Waals surface area contributed by atoms with E-state index in [1.165, 1.54) is 0 Å². The highest BCUT2D eigenvalue weighted by atomic mass is 32.2. The van der Waals surface area contributed by atoms with Gasteiger partial charge in [0.2, 0.25) is 5.91 Å². The zero-order valence-corrected chi connectivity index (χ0v) is 12.4. The Labute approximate surface area is 116 Å². The van der Waals surface area contributed by atoms with Crippen molar-refractivity contribution in [2.45, 2.75) is 38.5 Å². The first-order valence-corrected chi connectivity index (χ1v) is 8.08. The third-order valence-electron chi connectivity index (χ3n) is 2.40. The van der Waals surface area contributed by atoms with Gasteiger partial charge in [0, 0.05) is 29.9 Å². The highest BCUT2D eigenvalue weighted by molar-refractivity contribution is 7.98. The van der Waals surface area contributed by atoms with Crippen LogP contribution in [-0.4, -0.2) is 34.4 Å². The van der Waals surface area contributed by atoms with Gasteiger partial charge >= 0.3 is 0 Å². The molecule has 1 aromatic rings. The van der Waals surface area contributed by atoms with Crippen molar-refractivity contribution in [3.8, 4) is 0 Å². The molecule has 4 nitrogen and oxygen atoms in total. The summed E-state index contributed by atoms with van der Waals surface area (Å²) in [4.78, 5) is 15.8. The number of thiazole rings is 1. The Morgan fingerprint density at radius 2 is 2.44 bits per heavy atom. The van der Waals surface area contributed by atoms with Crippen molar-refractivity contribution in [3.63, 3.8) is 0 Å². The maximum atomic E-state index is 11.4. The molecule has 1 atom stereocenters. The zero-order chi connectivity index (χ0) is 13.4. The Morgan fingerprint density at radius 3 is 3.06 bits per heavy atom. The number of hydrogen-bond donors (Lipinski definition) is 2. The quantitative estimate of drug-likeness (QED) is 0.718. The van der Waals surface area contributed by atoms with Gasteiger partial charge < -0.3 is 10.4 Å². The van der Waals surface area contributed by atoms with Crippen LogP contribution in [0.25, 0.3) is 0 Å². The van der Waals surface area contributed by atoms with E-state index < -0.39 is 6.10 Å². The molecule has 1 rings (SSSR count). The number of amides is 1. The molecule has 1 heterocycles. The molecule has 0 saturated carbocycles. The fourth-order valence-electron chi connectivity index (χ4n) is 1.28. The van der Waals surface area contributed by atoms with Crippen molar-refractivity contribution in [3.05, 3.63) is 16.1 Å². The van der Waals surface area contributed by atoms with Crippen LogP contribution < -0.4 is 5.32 Å². The largest absolute Gasteiger partial charge is 0.391 e. The van der Waals surface area contributed by atoms with E-state index in [-0.39, 0.29) is 5.91 Å². The minimum Gasteiger partial charge on any atom is -0.391 e. The molecule has 0 aliphatic heterocycles. The lowest BCUT2D eigenvalue weighted by Crippen LogP contribution is -2.31. The molecule has 0 aliphatic carbocycles. The number of aliphatic hydroxyl groups excluding tert-OH is 1. The van der Waals surface area contributed by atoms with Crippen molar-refractivity contribution in [1.29, 1.82) is 0 Å². The third kappa shape index (κ3) is 6.37. The van der Waals surface area contributed by atoms with Gasteiger partial charge in [0.15, 0.2) is 0 Å². The Kier molecular flexibility index (Phi) is 7.31. The van der Waals surface area contributed by atoms with Gasteiger partial charge in [-0.15, -0.1) is 11.3 Å². The third-order valence-corrected chi connectivity index (χ3v) is 4.21. The molecule has 0 fully saturated rings. The number of carbonyl (C=O) groups excluding carboxylic acids is 1. The first-order valence-electron chi connectivity index (χ1n) is 6.05. The van der Waals surface area contributed by atoms with Gasteiger partial charge in [0.25, 0.3) is 0 Å². The number of aromatic nitrogens is 1. The average molecular weight is 288 g/mol. The summed E-state index contributed by atoms with van der Waals surface area (Å²) >= 11 is 3.36. The fraction of sp³-hybridized carbons (Fsp3) is 0.667. The van der Waals surface area contributed by atoms with Gasteiger partial charge in [0.05, 0.1) is 16.8 Å². The second kappa shape index (κ2) is 8.50. The summed E-state index contributed by atoms with van der Waals surface area (Å²) < 4.78 is 0. The van der Waals surface area contributed by atoms with Crippen molar-refractivity contribution >= 4 is 29.0 Å². The van der Waals surface area contributed by atoms with Crippen molar-refractivity contribution in [2.24, 2.45) is 0 Å². The SMILES string of the molecule is CCC(O)CNC(=O)CCSCc1csc(C)n1. The Balaban J connectivity index is 2.05. The normalized spacial score (nSPS) is 12.4. The topological polar surface area (TPSA) is 62.2 Å². The molecule has 18 heavy (non-hydrogen) atoms. The Bertz CT molecular complexity index is 369. The maximum Gasteiger partial charge on any atom is 0.220 e. The van der Waals surface area contributed by atoms with Crippen LogP contribution in [0.2, 0.25) is 0 Å². The average Bonchev–Trinajstić information content (AvgIpc) is 2.77. The smallest absolute Gasteiger partial charge is 0.220 e. The van der Waals surface area contributed by atoms with E-state index in [0.717, 1.165) is 22.2 Å². The lowest BCUT2D eigenvalue weighted by molar-refractivity contribution is -0.121. The predicted molar refractivity (Wildman–Crippen MR) is 76.9 cm³/mol. The molecule has 102 valence electrons. The minimum atomic E-state index is -0.431. The molecular weight excluding hydrogens is 268 g/mol. The number of aryl methyl sites for hydroxylation is 1. The minimum absolute atomic E-state index is 0.00413. The van der Waals surface area contributed by atoms with Crippen molar-refractivity contribution in [2.75, 3.05) is 12.3 Å². The van der Waals surface area contributed by atoms with Crippen LogP contribution in [0.15, 0.2) is 5.38 Å². The maximum absolute atomic E-state index is 11.4. The van der Waals surface area contributed by atoms with Crippen LogP contribution in [0.4, 0.5) is 0 Å². The van der Waals surface area contributed by atoms with Gasteiger partial charge in [-0.05, 0) is 13.3 Å². The number of nitrogens with one attached hydrogen (secondary N) is 1.